The Bertz CT molecular complexity index is 800. The van der Waals surface area contributed by atoms with E-state index in [4.69, 9.17) is 0 Å². The molecule has 1 N–H and O–H groups in total. The summed E-state index contributed by atoms with van der Waals surface area (Å²) in [6.07, 6.45) is 13.3. The second-order valence-corrected chi connectivity index (χ2v) is 10.9. The second kappa shape index (κ2) is 14.6. The first-order chi connectivity index (χ1) is 17.5. The molecule has 36 heavy (non-hydrogen) atoms. The Hall–Kier alpha value is -2.08. The Kier molecular flexibility index (Phi) is 11.6. The normalized spacial score (nSPS) is 23.1. The molecule has 1 aromatic carbocycles. The van der Waals surface area contributed by atoms with Crippen molar-refractivity contribution in [2.75, 3.05) is 24.5 Å². The van der Waals surface area contributed by atoms with Gasteiger partial charge in [-0.15, -0.1) is 0 Å². The van der Waals surface area contributed by atoms with Crippen molar-refractivity contribution < 1.29 is 14.7 Å². The van der Waals surface area contributed by atoms with Crippen LogP contribution in [-0.2, 0) is 4.79 Å². The number of unbranched alkanes of at least 4 members (excludes halogenated alkanes) is 1. The number of urea groups is 1. The van der Waals surface area contributed by atoms with E-state index in [1.807, 2.05) is 35.2 Å². The molecule has 1 aliphatic carbocycles. The average Bonchev–Trinajstić information content (AvgIpc) is 3.39. The Morgan fingerprint density at radius 2 is 1.81 bits per heavy atom. The Morgan fingerprint density at radius 1 is 1.03 bits per heavy atom. The van der Waals surface area contributed by atoms with Crippen molar-refractivity contribution in [1.82, 2.24) is 9.80 Å². The smallest absolute Gasteiger partial charge is 0.326 e. The highest BCUT2D eigenvalue weighted by molar-refractivity contribution is 5.95. The summed E-state index contributed by atoms with van der Waals surface area (Å²) in [5.74, 6) is -0.0445. The Labute approximate surface area is 219 Å². The summed E-state index contributed by atoms with van der Waals surface area (Å²) in [6, 6.07) is 9.67. The second-order valence-electron chi connectivity index (χ2n) is 10.9. The van der Waals surface area contributed by atoms with E-state index < -0.39 is 12.0 Å². The Balaban J connectivity index is 1.78. The maximum absolute atomic E-state index is 13.9. The van der Waals surface area contributed by atoms with Crippen LogP contribution in [0.2, 0.25) is 0 Å². The van der Waals surface area contributed by atoms with Crippen LogP contribution in [0, 0.1) is 5.92 Å². The van der Waals surface area contributed by atoms with Crippen molar-refractivity contribution in [3.8, 4) is 0 Å². The first-order valence-electron chi connectivity index (χ1n) is 14.6. The fraction of sp³-hybridized carbons (Fsp3) is 0.733. The van der Waals surface area contributed by atoms with E-state index in [0.717, 1.165) is 44.0 Å². The standard InChI is InChI=1S/C30H49N3O3/c1-4-7-20-31(27-17-11-14-24(23-27)13-5-2)22-19-25(6-3)33(26-15-9-8-10-16-26)30(36)32-21-12-18-28(32)29(34)35/h8-10,15-16,24-25,27-28H,4-7,11-14,17-23H2,1-3H3,(H,34,35)/t24-,25-,27-,28-/m1/s1. The maximum Gasteiger partial charge on any atom is 0.326 e. The number of anilines is 1. The van der Waals surface area contributed by atoms with Gasteiger partial charge in [0, 0.05) is 30.9 Å². The Morgan fingerprint density at radius 3 is 2.47 bits per heavy atom. The summed E-state index contributed by atoms with van der Waals surface area (Å²) in [4.78, 5) is 31.9. The molecular formula is C30H49N3O3. The van der Waals surface area contributed by atoms with Crippen molar-refractivity contribution >= 4 is 17.7 Å². The van der Waals surface area contributed by atoms with Gasteiger partial charge in [-0.3, -0.25) is 4.90 Å². The highest BCUT2D eigenvalue weighted by atomic mass is 16.4. The zero-order valence-electron chi connectivity index (χ0n) is 22.9. The van der Waals surface area contributed by atoms with Gasteiger partial charge in [-0.05, 0) is 69.5 Å². The third-order valence-electron chi connectivity index (χ3n) is 8.38. The molecule has 202 valence electrons. The molecule has 4 atom stereocenters. The monoisotopic (exact) mass is 499 g/mol. The molecule has 1 heterocycles. The molecule has 0 radical (unpaired) electrons. The molecule has 1 aromatic rings. The highest BCUT2D eigenvalue weighted by Gasteiger charge is 2.38. The van der Waals surface area contributed by atoms with E-state index in [2.05, 4.69) is 25.7 Å². The van der Waals surface area contributed by atoms with Gasteiger partial charge in [-0.1, -0.05) is 71.1 Å². The molecule has 6 heteroatoms. The molecule has 1 saturated carbocycles. The lowest BCUT2D eigenvalue weighted by molar-refractivity contribution is -0.141. The molecule has 0 aromatic heterocycles. The van der Waals surface area contributed by atoms with Crippen LogP contribution < -0.4 is 4.90 Å². The first kappa shape index (κ1) is 28.5. The van der Waals surface area contributed by atoms with Crippen molar-refractivity contribution in [1.29, 1.82) is 0 Å². The lowest BCUT2D eigenvalue weighted by Crippen LogP contribution is -2.52. The van der Waals surface area contributed by atoms with Gasteiger partial charge >= 0.3 is 12.0 Å². The van der Waals surface area contributed by atoms with E-state index in [0.29, 0.717) is 19.0 Å². The van der Waals surface area contributed by atoms with Gasteiger partial charge in [0.05, 0.1) is 0 Å². The molecule has 1 aliphatic heterocycles. The number of hydrogen-bond acceptors (Lipinski definition) is 3. The van der Waals surface area contributed by atoms with Gasteiger partial charge in [-0.25, -0.2) is 9.59 Å². The summed E-state index contributed by atoms with van der Waals surface area (Å²) in [5.41, 5.74) is 0.867. The van der Waals surface area contributed by atoms with Crippen LogP contribution in [0.5, 0.6) is 0 Å². The van der Waals surface area contributed by atoms with Crippen molar-refractivity contribution in [3.05, 3.63) is 30.3 Å². The fourth-order valence-corrected chi connectivity index (χ4v) is 6.39. The lowest BCUT2D eigenvalue weighted by Gasteiger charge is -2.40. The van der Waals surface area contributed by atoms with Crippen LogP contribution in [0.3, 0.4) is 0 Å². The topological polar surface area (TPSA) is 64.1 Å². The van der Waals surface area contributed by atoms with Gasteiger partial charge < -0.3 is 14.9 Å². The molecule has 1 saturated heterocycles. The lowest BCUT2D eigenvalue weighted by atomic mass is 9.82. The highest BCUT2D eigenvalue weighted by Crippen LogP contribution is 2.32. The molecule has 0 bridgehead atoms. The summed E-state index contributed by atoms with van der Waals surface area (Å²) in [6.45, 7) is 9.34. The molecule has 2 fully saturated rings. The number of carbonyl (C=O) groups excluding carboxylic acids is 1. The average molecular weight is 500 g/mol. The molecule has 0 spiro atoms. The van der Waals surface area contributed by atoms with Gasteiger partial charge in [0.15, 0.2) is 0 Å². The zero-order valence-corrected chi connectivity index (χ0v) is 22.9. The summed E-state index contributed by atoms with van der Waals surface area (Å²) >= 11 is 0. The van der Waals surface area contributed by atoms with E-state index in [9.17, 15) is 14.7 Å². The molecule has 6 nitrogen and oxygen atoms in total. The number of carboxylic acid groups (broad SMARTS) is 1. The molecule has 2 aliphatic rings. The van der Waals surface area contributed by atoms with Crippen molar-refractivity contribution in [3.63, 3.8) is 0 Å². The number of rotatable bonds is 13. The predicted octanol–water partition coefficient (Wildman–Crippen LogP) is 6.79. The molecular weight excluding hydrogens is 450 g/mol. The van der Waals surface area contributed by atoms with E-state index in [1.54, 1.807) is 4.90 Å². The fourth-order valence-electron chi connectivity index (χ4n) is 6.39. The summed E-state index contributed by atoms with van der Waals surface area (Å²) in [5, 5.41) is 9.72. The molecule has 0 unspecified atom stereocenters. The number of carboxylic acids is 1. The van der Waals surface area contributed by atoms with E-state index >= 15 is 0 Å². The molecule has 2 amide bonds. The van der Waals surface area contributed by atoms with Crippen molar-refractivity contribution in [2.45, 2.75) is 116 Å². The number of carbonyl (C=O) groups is 2. The van der Waals surface area contributed by atoms with Gasteiger partial charge in [0.2, 0.25) is 0 Å². The van der Waals surface area contributed by atoms with Gasteiger partial charge in [0.25, 0.3) is 0 Å². The van der Waals surface area contributed by atoms with Gasteiger partial charge in [-0.2, -0.15) is 0 Å². The number of amides is 2. The number of nitrogens with zero attached hydrogens (tertiary/aromatic N) is 3. The minimum absolute atomic E-state index is 0.0362. The summed E-state index contributed by atoms with van der Waals surface area (Å²) in [7, 11) is 0. The van der Waals surface area contributed by atoms with E-state index in [1.165, 1.54) is 51.4 Å². The van der Waals surface area contributed by atoms with Crippen LogP contribution in [0.1, 0.15) is 97.8 Å². The first-order valence-corrected chi connectivity index (χ1v) is 14.6. The van der Waals surface area contributed by atoms with Crippen molar-refractivity contribution in [2.24, 2.45) is 5.92 Å². The van der Waals surface area contributed by atoms with E-state index in [-0.39, 0.29) is 12.1 Å². The molecule has 3 rings (SSSR count). The quantitative estimate of drug-likeness (QED) is 0.324. The minimum atomic E-state index is -0.897. The number of para-hydroxylation sites is 1. The number of hydrogen-bond donors (Lipinski definition) is 1. The third-order valence-corrected chi connectivity index (χ3v) is 8.38. The number of likely N-dealkylation sites (tertiary alicyclic amines) is 1. The number of aliphatic carboxylic acids is 1. The SMILES string of the molecule is CCCCN(CC[C@@H](CC)N(C(=O)N1CCC[C@@H]1C(=O)O)c1ccccc1)[C@@H]1CCC[C@@H](CCC)C1. The van der Waals surface area contributed by atoms with Crippen LogP contribution in [-0.4, -0.2) is 64.7 Å². The van der Waals surface area contributed by atoms with Crippen LogP contribution >= 0.6 is 0 Å². The van der Waals surface area contributed by atoms with Gasteiger partial charge in [0.1, 0.15) is 6.04 Å². The maximum atomic E-state index is 13.9. The largest absolute Gasteiger partial charge is 0.480 e. The number of benzene rings is 1. The predicted molar refractivity (Wildman–Crippen MR) is 148 cm³/mol. The van der Waals surface area contributed by atoms with Crippen LogP contribution in [0.4, 0.5) is 10.5 Å². The van der Waals surface area contributed by atoms with Crippen LogP contribution in [0.15, 0.2) is 30.3 Å². The third kappa shape index (κ3) is 7.47. The summed E-state index contributed by atoms with van der Waals surface area (Å²) < 4.78 is 0. The van der Waals surface area contributed by atoms with Crippen LogP contribution in [0.25, 0.3) is 0 Å². The zero-order chi connectivity index (χ0) is 25.9. The minimum Gasteiger partial charge on any atom is -0.480 e.